The first kappa shape index (κ1) is 22.6. The van der Waals surface area contributed by atoms with E-state index >= 15 is 0 Å². The van der Waals surface area contributed by atoms with Gasteiger partial charge in [-0.3, -0.25) is 4.79 Å². The van der Waals surface area contributed by atoms with E-state index in [0.717, 1.165) is 10.6 Å². The van der Waals surface area contributed by atoms with E-state index < -0.39 is 24.4 Å². The van der Waals surface area contributed by atoms with E-state index in [1.165, 1.54) is 0 Å². The van der Waals surface area contributed by atoms with Crippen molar-refractivity contribution in [3.05, 3.63) is 60.2 Å². The first-order valence-corrected chi connectivity index (χ1v) is 12.6. The summed E-state index contributed by atoms with van der Waals surface area (Å²) in [6.07, 6.45) is -0.582. The quantitative estimate of drug-likeness (QED) is 0.475. The molecule has 0 aromatic heterocycles. The van der Waals surface area contributed by atoms with Crippen LogP contribution in [0.2, 0.25) is 0 Å². The molecule has 1 N–H and O–H groups in total. The van der Waals surface area contributed by atoms with Crippen molar-refractivity contribution < 1.29 is 14.3 Å². The molecular formula is C22H27BrNO3P. The molecule has 0 bridgehead atoms. The highest BCUT2D eigenvalue weighted by molar-refractivity contribution is 9.40. The number of amides is 1. The molecule has 0 aliphatic heterocycles. The summed E-state index contributed by atoms with van der Waals surface area (Å²) in [6.45, 7) is 8.36. The predicted octanol–water partition coefficient (Wildman–Crippen LogP) is 5.16. The summed E-state index contributed by atoms with van der Waals surface area (Å²) in [6, 6.07) is 16.9. The number of rotatable bonds is 6. The number of carbonyl (C=O) groups excluding carboxylic acids is 2. The van der Waals surface area contributed by atoms with Gasteiger partial charge >= 0.3 is 6.09 Å². The Bertz CT molecular complexity index is 818. The second kappa shape index (κ2) is 9.67. The lowest BCUT2D eigenvalue weighted by Gasteiger charge is -2.26. The van der Waals surface area contributed by atoms with Gasteiger partial charge in [0.05, 0.1) is 6.04 Å². The van der Waals surface area contributed by atoms with Crippen LogP contribution in [0, 0.1) is 5.92 Å². The molecule has 0 aliphatic rings. The highest BCUT2D eigenvalue weighted by Crippen LogP contribution is 2.42. The normalized spacial score (nSPS) is 13.7. The maximum Gasteiger partial charge on any atom is 0.408 e. The van der Waals surface area contributed by atoms with Crippen molar-refractivity contribution in [3.8, 4) is 0 Å². The van der Waals surface area contributed by atoms with Crippen LogP contribution in [-0.4, -0.2) is 23.5 Å². The molecule has 0 saturated heterocycles. The van der Waals surface area contributed by atoms with Crippen LogP contribution >= 0.6 is 22.1 Å². The van der Waals surface area contributed by atoms with Crippen molar-refractivity contribution in [2.24, 2.45) is 5.92 Å². The molecule has 28 heavy (non-hydrogen) atoms. The summed E-state index contributed by atoms with van der Waals surface area (Å²) in [5.41, 5.74) is -0.00607. The van der Waals surface area contributed by atoms with Gasteiger partial charge in [0, 0.05) is 17.5 Å². The third-order valence-corrected chi connectivity index (χ3v) is 7.92. The molecule has 0 fully saturated rings. The molecule has 0 heterocycles. The summed E-state index contributed by atoms with van der Waals surface area (Å²) in [7, 11) is 0. The maximum absolute atomic E-state index is 13.4. The number of halogens is 1. The van der Waals surface area contributed by atoms with Crippen molar-refractivity contribution >= 4 is 44.6 Å². The van der Waals surface area contributed by atoms with E-state index in [1.807, 2.05) is 68.4 Å². The van der Waals surface area contributed by atoms with Crippen molar-refractivity contribution in [1.29, 1.82) is 0 Å². The number of alkyl carbamates (subject to hydrolysis) is 1. The molecule has 4 nitrogen and oxygen atoms in total. The summed E-state index contributed by atoms with van der Waals surface area (Å²) in [4.78, 5) is 25.6. The smallest absolute Gasteiger partial charge is 0.408 e. The minimum atomic E-state index is -0.863. The fraction of sp³-hybridized carbons (Fsp3) is 0.364. The van der Waals surface area contributed by atoms with Gasteiger partial charge in [0.1, 0.15) is 5.60 Å². The van der Waals surface area contributed by atoms with E-state index in [4.69, 9.17) is 4.74 Å². The van der Waals surface area contributed by atoms with E-state index in [9.17, 15) is 9.59 Å². The Morgan fingerprint density at radius 3 is 2.14 bits per heavy atom. The molecule has 1 amide bonds. The zero-order chi connectivity index (χ0) is 20.9. The number of hydrogen-bond donors (Lipinski definition) is 1. The number of ether oxygens (including phenoxy) is 1. The van der Waals surface area contributed by atoms with Gasteiger partial charge in [-0.25, -0.2) is 4.79 Å². The number of carbonyl (C=O) groups is 2. The molecular weight excluding hydrogens is 437 g/mol. The van der Waals surface area contributed by atoms with Gasteiger partial charge in [0.2, 0.25) is 0 Å². The standard InChI is InChI=1S/C22H27BrNO3P/c1-15(2)19(24-21(26)27-22(3,4)5)20(25)17-13-9-10-14-18(17)28(23)16-11-7-6-8-12-16/h6-15,19H,1-5H3,(H,24,26)/t19-,28?/m1/s1. The molecule has 2 rings (SSSR count). The number of nitrogens with one attached hydrogen (secondary N) is 1. The summed E-state index contributed by atoms with van der Waals surface area (Å²) in [5.74, 6) is -0.189. The first-order chi connectivity index (χ1) is 13.1. The summed E-state index contributed by atoms with van der Waals surface area (Å²) < 4.78 is 5.34. The largest absolute Gasteiger partial charge is 0.444 e. The van der Waals surface area contributed by atoms with E-state index in [2.05, 4.69) is 20.8 Å². The highest BCUT2D eigenvalue weighted by Gasteiger charge is 2.30. The van der Waals surface area contributed by atoms with Crippen LogP contribution in [0.15, 0.2) is 54.6 Å². The van der Waals surface area contributed by atoms with E-state index in [1.54, 1.807) is 20.8 Å². The van der Waals surface area contributed by atoms with Crippen LogP contribution in [0.1, 0.15) is 45.0 Å². The van der Waals surface area contributed by atoms with Crippen molar-refractivity contribution in [1.82, 2.24) is 5.32 Å². The molecule has 2 aromatic rings. The van der Waals surface area contributed by atoms with Crippen LogP contribution in [0.3, 0.4) is 0 Å². The monoisotopic (exact) mass is 463 g/mol. The molecule has 1 unspecified atom stereocenters. The van der Waals surface area contributed by atoms with Gasteiger partial charge in [-0.05, 0) is 47.5 Å². The second-order valence-electron chi connectivity index (χ2n) is 7.87. The third-order valence-electron chi connectivity index (χ3n) is 3.99. The van der Waals surface area contributed by atoms with E-state index in [0.29, 0.717) is 5.56 Å². The Hall–Kier alpha value is -1.71. The zero-order valence-corrected chi connectivity index (χ0v) is 19.4. The molecule has 2 aromatic carbocycles. The third kappa shape index (κ3) is 6.15. The number of Topliss-reactive ketones (excluding diaryl/α,β-unsaturated/α-hetero) is 1. The average molecular weight is 464 g/mol. The number of benzene rings is 2. The lowest BCUT2D eigenvalue weighted by molar-refractivity contribution is 0.0476. The van der Waals surface area contributed by atoms with E-state index in [-0.39, 0.29) is 11.7 Å². The molecule has 0 spiro atoms. The zero-order valence-electron chi connectivity index (χ0n) is 16.9. The number of ketones is 1. The van der Waals surface area contributed by atoms with Gasteiger partial charge in [-0.15, -0.1) is 0 Å². The van der Waals surface area contributed by atoms with Gasteiger partial charge < -0.3 is 10.1 Å². The fourth-order valence-corrected chi connectivity index (χ4v) is 5.65. The topological polar surface area (TPSA) is 55.4 Å². The summed E-state index contributed by atoms with van der Waals surface area (Å²) in [5, 5.41) is 4.82. The Kier molecular flexibility index (Phi) is 7.79. The fourth-order valence-electron chi connectivity index (χ4n) is 2.69. The molecule has 6 heteroatoms. The summed E-state index contributed by atoms with van der Waals surface area (Å²) >= 11 is 3.79. The number of hydrogen-bond acceptors (Lipinski definition) is 3. The van der Waals surface area contributed by atoms with Crippen molar-refractivity contribution in [2.75, 3.05) is 0 Å². The first-order valence-electron chi connectivity index (χ1n) is 9.24. The Morgan fingerprint density at radius 2 is 1.57 bits per heavy atom. The van der Waals surface area contributed by atoms with Crippen LogP contribution in [0.5, 0.6) is 0 Å². The molecule has 0 saturated carbocycles. The lowest BCUT2D eigenvalue weighted by atomic mass is 9.95. The predicted molar refractivity (Wildman–Crippen MR) is 120 cm³/mol. The SMILES string of the molecule is CC(C)[C@@H](NC(=O)OC(C)(C)C)C(=O)c1ccccc1P(Br)c1ccccc1. The Balaban J connectivity index is 2.32. The minimum Gasteiger partial charge on any atom is -0.444 e. The minimum absolute atomic E-state index is 0.0775. The molecule has 0 radical (unpaired) electrons. The van der Waals surface area contributed by atoms with Crippen LogP contribution in [0.4, 0.5) is 4.79 Å². The van der Waals surface area contributed by atoms with Gasteiger partial charge in [-0.2, -0.15) is 0 Å². The average Bonchev–Trinajstić information content (AvgIpc) is 2.64. The maximum atomic E-state index is 13.4. The Labute approximate surface area is 176 Å². The van der Waals surface area contributed by atoms with Crippen LogP contribution < -0.4 is 15.9 Å². The highest BCUT2D eigenvalue weighted by atomic mass is 79.9. The van der Waals surface area contributed by atoms with Gasteiger partial charge in [0.15, 0.2) is 5.78 Å². The lowest BCUT2D eigenvalue weighted by Crippen LogP contribution is -2.47. The van der Waals surface area contributed by atoms with Crippen molar-refractivity contribution in [3.63, 3.8) is 0 Å². The van der Waals surface area contributed by atoms with Crippen LogP contribution in [0.25, 0.3) is 0 Å². The van der Waals surface area contributed by atoms with Gasteiger partial charge in [-0.1, -0.05) is 68.4 Å². The van der Waals surface area contributed by atoms with Crippen LogP contribution in [-0.2, 0) is 4.74 Å². The molecule has 0 aliphatic carbocycles. The van der Waals surface area contributed by atoms with Crippen molar-refractivity contribution in [2.45, 2.75) is 46.3 Å². The Morgan fingerprint density at radius 1 is 1.00 bits per heavy atom. The van der Waals surface area contributed by atoms with Gasteiger partial charge in [0.25, 0.3) is 0 Å². The second-order valence-corrected chi connectivity index (χ2v) is 11.6. The molecule has 2 atom stereocenters. The molecule has 150 valence electrons.